The second-order valence-electron chi connectivity index (χ2n) is 6.81. The number of hydrogen-bond acceptors (Lipinski definition) is 5. The first kappa shape index (κ1) is 17.9. The Morgan fingerprint density at radius 2 is 1.93 bits per heavy atom. The van der Waals surface area contributed by atoms with Crippen molar-refractivity contribution in [3.8, 4) is 17.0 Å². The molecule has 1 N–H and O–H groups in total. The van der Waals surface area contributed by atoms with Crippen molar-refractivity contribution in [1.82, 2.24) is 14.4 Å². The quantitative estimate of drug-likeness (QED) is 0.570. The van der Waals surface area contributed by atoms with Crippen LogP contribution in [-0.2, 0) is 9.59 Å². The Hall–Kier alpha value is -4.20. The number of imidazole rings is 1. The molecule has 30 heavy (non-hydrogen) atoms. The third kappa shape index (κ3) is 3.35. The van der Waals surface area contributed by atoms with Crippen LogP contribution in [0.25, 0.3) is 17.0 Å². The second kappa shape index (κ2) is 7.32. The number of benzene rings is 2. The van der Waals surface area contributed by atoms with E-state index < -0.39 is 0 Å². The predicted molar refractivity (Wildman–Crippen MR) is 111 cm³/mol. The molecule has 0 aliphatic carbocycles. The number of aromatic nitrogens is 3. The first-order valence-corrected chi connectivity index (χ1v) is 9.39. The summed E-state index contributed by atoms with van der Waals surface area (Å²) in [6, 6.07) is 16.4. The fourth-order valence-electron chi connectivity index (χ4n) is 3.36. The van der Waals surface area contributed by atoms with Crippen LogP contribution in [0.15, 0.2) is 73.2 Å². The average Bonchev–Trinajstić information content (AvgIpc) is 3.20. The summed E-state index contributed by atoms with van der Waals surface area (Å²) in [5, 5.41) is 2.83. The van der Waals surface area contributed by atoms with Gasteiger partial charge in [-0.3, -0.25) is 18.9 Å². The molecule has 148 valence electrons. The zero-order valence-electron chi connectivity index (χ0n) is 15.9. The molecule has 0 unspecified atom stereocenters. The summed E-state index contributed by atoms with van der Waals surface area (Å²) < 4.78 is 7.26. The minimum absolute atomic E-state index is 0.0765. The van der Waals surface area contributed by atoms with Gasteiger partial charge in [0.05, 0.1) is 11.4 Å². The van der Waals surface area contributed by atoms with E-state index in [4.69, 9.17) is 4.74 Å². The summed E-state index contributed by atoms with van der Waals surface area (Å²) in [6.45, 7) is -0.161. The van der Waals surface area contributed by atoms with E-state index in [1.165, 1.54) is 4.90 Å². The highest BCUT2D eigenvalue weighted by Crippen LogP contribution is 2.31. The lowest BCUT2D eigenvalue weighted by Gasteiger charge is -2.28. The number of carbonyl (C=O) groups excluding carboxylic acids is 2. The number of hydrogen-bond donors (Lipinski definition) is 1. The molecule has 3 heterocycles. The van der Waals surface area contributed by atoms with Crippen LogP contribution in [0.3, 0.4) is 0 Å². The van der Waals surface area contributed by atoms with Crippen molar-refractivity contribution in [3.05, 3.63) is 73.2 Å². The van der Waals surface area contributed by atoms with Crippen LogP contribution in [-0.4, -0.2) is 39.3 Å². The molecule has 2 aromatic carbocycles. The molecule has 0 saturated carbocycles. The van der Waals surface area contributed by atoms with Gasteiger partial charge in [-0.2, -0.15) is 0 Å². The van der Waals surface area contributed by atoms with Crippen LogP contribution >= 0.6 is 0 Å². The second-order valence-corrected chi connectivity index (χ2v) is 6.81. The van der Waals surface area contributed by atoms with E-state index in [2.05, 4.69) is 15.3 Å². The smallest absolute Gasteiger partial charge is 0.265 e. The van der Waals surface area contributed by atoms with Gasteiger partial charge in [-0.15, -0.1) is 0 Å². The highest BCUT2D eigenvalue weighted by atomic mass is 16.5. The predicted octanol–water partition coefficient (Wildman–Crippen LogP) is 2.76. The molecule has 4 aromatic rings. The van der Waals surface area contributed by atoms with Gasteiger partial charge in [0, 0.05) is 29.8 Å². The van der Waals surface area contributed by atoms with Gasteiger partial charge in [-0.1, -0.05) is 24.3 Å². The highest BCUT2D eigenvalue weighted by Gasteiger charge is 2.26. The minimum atomic E-state index is -0.287. The molecule has 0 saturated heterocycles. The van der Waals surface area contributed by atoms with Crippen molar-refractivity contribution in [1.29, 1.82) is 0 Å². The molecule has 0 spiro atoms. The lowest BCUT2D eigenvalue weighted by atomic mass is 10.1. The van der Waals surface area contributed by atoms with Crippen molar-refractivity contribution in [2.24, 2.45) is 0 Å². The molecule has 2 amide bonds. The van der Waals surface area contributed by atoms with Crippen LogP contribution < -0.4 is 15.0 Å². The number of rotatable bonds is 4. The maximum atomic E-state index is 12.5. The summed E-state index contributed by atoms with van der Waals surface area (Å²) in [4.78, 5) is 34.9. The maximum absolute atomic E-state index is 12.5. The Morgan fingerprint density at radius 3 is 2.77 bits per heavy atom. The van der Waals surface area contributed by atoms with Crippen molar-refractivity contribution in [2.45, 2.75) is 0 Å². The van der Waals surface area contributed by atoms with Crippen molar-refractivity contribution < 1.29 is 14.3 Å². The number of amides is 2. The van der Waals surface area contributed by atoms with Crippen LogP contribution in [0.4, 0.5) is 11.4 Å². The van der Waals surface area contributed by atoms with Crippen LogP contribution in [0, 0.1) is 0 Å². The summed E-state index contributed by atoms with van der Waals surface area (Å²) in [5.74, 6) is 0.681. The van der Waals surface area contributed by atoms with E-state index >= 15 is 0 Å². The summed E-state index contributed by atoms with van der Waals surface area (Å²) in [7, 11) is 0. The number of para-hydroxylation sites is 2. The van der Waals surface area contributed by atoms with Gasteiger partial charge in [0.15, 0.2) is 6.61 Å². The van der Waals surface area contributed by atoms with Gasteiger partial charge in [-0.05, 0) is 30.3 Å². The average molecular weight is 399 g/mol. The van der Waals surface area contributed by atoms with E-state index in [1.54, 1.807) is 36.5 Å². The Balaban J connectivity index is 1.29. The zero-order valence-corrected chi connectivity index (χ0v) is 15.9. The van der Waals surface area contributed by atoms with Gasteiger partial charge >= 0.3 is 0 Å². The molecule has 5 rings (SSSR count). The molecule has 0 radical (unpaired) electrons. The first-order valence-electron chi connectivity index (χ1n) is 9.39. The standard InChI is InChI=1S/C22H17N5O3/c28-20(13-27-18-4-1-2-5-19(18)30-14-21(27)29)24-16-8-6-15(7-9-16)17-12-26-11-3-10-23-22(26)25-17/h1-12H,13-14H2,(H,24,28). The van der Waals surface area contributed by atoms with Crippen LogP contribution in [0.5, 0.6) is 5.75 Å². The van der Waals surface area contributed by atoms with E-state index in [0.29, 0.717) is 22.9 Å². The van der Waals surface area contributed by atoms with Gasteiger partial charge in [-0.25, -0.2) is 9.97 Å². The van der Waals surface area contributed by atoms with E-state index in [0.717, 1.165) is 11.3 Å². The largest absolute Gasteiger partial charge is 0.482 e. The molecule has 0 bridgehead atoms. The Labute approximate surface area is 171 Å². The van der Waals surface area contributed by atoms with Crippen LogP contribution in [0.1, 0.15) is 0 Å². The summed E-state index contributed by atoms with van der Waals surface area (Å²) in [5.41, 5.74) is 2.94. The van der Waals surface area contributed by atoms with Gasteiger partial charge in [0.25, 0.3) is 5.91 Å². The molecule has 1 aliphatic heterocycles. The lowest BCUT2D eigenvalue weighted by molar-refractivity contribution is -0.123. The molecule has 8 heteroatoms. The third-order valence-corrected chi connectivity index (χ3v) is 4.81. The summed E-state index contributed by atoms with van der Waals surface area (Å²) >= 11 is 0. The number of anilines is 2. The van der Waals surface area contributed by atoms with Crippen molar-refractivity contribution >= 4 is 29.0 Å². The normalized spacial score (nSPS) is 13.1. The molecular weight excluding hydrogens is 382 g/mol. The first-order chi connectivity index (χ1) is 14.7. The monoisotopic (exact) mass is 399 g/mol. The molecule has 2 aromatic heterocycles. The Kier molecular flexibility index (Phi) is 4.36. The number of ether oxygens (including phenoxy) is 1. The lowest BCUT2D eigenvalue weighted by Crippen LogP contribution is -2.43. The van der Waals surface area contributed by atoms with Crippen molar-refractivity contribution in [2.75, 3.05) is 23.4 Å². The van der Waals surface area contributed by atoms with Crippen LogP contribution in [0.2, 0.25) is 0 Å². The molecule has 1 aliphatic rings. The highest BCUT2D eigenvalue weighted by molar-refractivity contribution is 6.05. The molecule has 8 nitrogen and oxygen atoms in total. The SMILES string of the molecule is O=C(CN1C(=O)COc2ccccc21)Nc1ccc(-c2cn3cccnc3n2)cc1. The molecule has 0 fully saturated rings. The number of fused-ring (bicyclic) bond motifs is 2. The van der Waals surface area contributed by atoms with Crippen molar-refractivity contribution in [3.63, 3.8) is 0 Å². The zero-order chi connectivity index (χ0) is 20.5. The fraction of sp³-hybridized carbons (Fsp3) is 0.0909. The van der Waals surface area contributed by atoms with Gasteiger partial charge in [0.1, 0.15) is 12.3 Å². The van der Waals surface area contributed by atoms with E-state index in [1.807, 2.05) is 41.1 Å². The minimum Gasteiger partial charge on any atom is -0.482 e. The van der Waals surface area contributed by atoms with E-state index in [-0.39, 0.29) is 25.0 Å². The molecular formula is C22H17N5O3. The fourth-order valence-corrected chi connectivity index (χ4v) is 3.36. The van der Waals surface area contributed by atoms with Gasteiger partial charge in [0.2, 0.25) is 11.7 Å². The van der Waals surface area contributed by atoms with E-state index in [9.17, 15) is 9.59 Å². The Bertz CT molecular complexity index is 1220. The molecule has 0 atom stereocenters. The van der Waals surface area contributed by atoms with Gasteiger partial charge < -0.3 is 10.1 Å². The summed E-state index contributed by atoms with van der Waals surface area (Å²) in [6.07, 6.45) is 5.48. The topological polar surface area (TPSA) is 88.8 Å². The number of nitrogens with one attached hydrogen (secondary N) is 1. The Morgan fingerprint density at radius 1 is 1.10 bits per heavy atom. The number of nitrogens with zero attached hydrogens (tertiary/aromatic N) is 4. The number of carbonyl (C=O) groups is 2. The third-order valence-electron chi connectivity index (χ3n) is 4.81. The maximum Gasteiger partial charge on any atom is 0.265 e.